The molecule has 2 heterocycles. The Morgan fingerprint density at radius 3 is 2.82 bits per heavy atom. The number of aromatic nitrogens is 1. The van der Waals surface area contributed by atoms with E-state index in [-0.39, 0.29) is 0 Å². The second-order valence-electron chi connectivity index (χ2n) is 6.47. The van der Waals surface area contributed by atoms with E-state index in [2.05, 4.69) is 50.0 Å². The molecule has 0 fully saturated rings. The van der Waals surface area contributed by atoms with Gasteiger partial charge in [0.2, 0.25) is 5.01 Å². The lowest BCUT2D eigenvalue weighted by Crippen LogP contribution is -2.45. The van der Waals surface area contributed by atoms with Crippen molar-refractivity contribution in [3.05, 3.63) is 16.6 Å². The molecule has 0 N–H and O–H groups in total. The molecule has 0 amide bonds. The van der Waals surface area contributed by atoms with Crippen LogP contribution in [0.3, 0.4) is 0 Å². The Bertz CT molecular complexity index is 394. The third-order valence-electron chi connectivity index (χ3n) is 4.24. The van der Waals surface area contributed by atoms with Crippen LogP contribution in [-0.2, 0) is 10.8 Å². The van der Waals surface area contributed by atoms with Gasteiger partial charge in [-0.2, -0.15) is 4.57 Å². The fourth-order valence-corrected chi connectivity index (χ4v) is 3.90. The smallest absolute Gasteiger partial charge is 0.237 e. The molecule has 0 aliphatic carbocycles. The highest BCUT2D eigenvalue weighted by Crippen LogP contribution is 2.37. The predicted octanol–water partition coefficient (Wildman–Crippen LogP) is 3.54. The van der Waals surface area contributed by atoms with Crippen LogP contribution >= 0.6 is 11.3 Å². The van der Waals surface area contributed by atoms with Crippen LogP contribution in [0.2, 0.25) is 18.1 Å². The van der Waals surface area contributed by atoms with Crippen LogP contribution in [0.1, 0.15) is 38.2 Å². The van der Waals surface area contributed by atoms with Gasteiger partial charge in [0, 0.05) is 12.8 Å². The summed E-state index contributed by atoms with van der Waals surface area (Å²) in [5.41, 5.74) is 0. The molecule has 0 saturated carbocycles. The molecule has 17 heavy (non-hydrogen) atoms. The highest BCUT2D eigenvalue weighted by molar-refractivity contribution is 7.09. The minimum atomic E-state index is -1.58. The molecular weight excluding hydrogens is 246 g/mol. The summed E-state index contributed by atoms with van der Waals surface area (Å²) in [5.74, 6) is 0. The molecule has 0 saturated heterocycles. The quantitative estimate of drug-likeness (QED) is 0.605. The van der Waals surface area contributed by atoms with E-state index in [1.54, 1.807) is 0 Å². The van der Waals surface area contributed by atoms with Crippen molar-refractivity contribution in [1.82, 2.24) is 0 Å². The third kappa shape index (κ3) is 2.64. The van der Waals surface area contributed by atoms with E-state index < -0.39 is 8.32 Å². The van der Waals surface area contributed by atoms with E-state index in [1.165, 1.54) is 17.8 Å². The molecule has 1 aliphatic heterocycles. The zero-order valence-electron chi connectivity index (χ0n) is 11.6. The van der Waals surface area contributed by atoms with E-state index in [9.17, 15) is 0 Å². The Kier molecular flexibility index (Phi) is 3.49. The number of thiazole rings is 1. The van der Waals surface area contributed by atoms with E-state index in [0.29, 0.717) is 11.1 Å². The zero-order valence-corrected chi connectivity index (χ0v) is 13.4. The van der Waals surface area contributed by atoms with E-state index in [0.717, 1.165) is 6.61 Å². The molecule has 0 spiro atoms. The predicted molar refractivity (Wildman–Crippen MR) is 75.0 cm³/mol. The highest BCUT2D eigenvalue weighted by atomic mass is 32.1. The summed E-state index contributed by atoms with van der Waals surface area (Å²) < 4.78 is 8.74. The number of aryl methyl sites for hydroxylation is 1. The van der Waals surface area contributed by atoms with Crippen molar-refractivity contribution in [3.63, 3.8) is 0 Å². The highest BCUT2D eigenvalue weighted by Gasteiger charge is 2.40. The zero-order chi connectivity index (χ0) is 12.7. The maximum atomic E-state index is 6.33. The van der Waals surface area contributed by atoms with Crippen molar-refractivity contribution in [1.29, 1.82) is 0 Å². The van der Waals surface area contributed by atoms with Crippen molar-refractivity contribution >= 4 is 19.7 Å². The second kappa shape index (κ2) is 4.48. The van der Waals surface area contributed by atoms with Crippen molar-refractivity contribution < 1.29 is 8.99 Å². The van der Waals surface area contributed by atoms with Crippen LogP contribution < -0.4 is 4.57 Å². The second-order valence-corrected chi connectivity index (χ2v) is 12.3. The Labute approximate surface area is 110 Å². The number of nitrogens with zero attached hydrogens (tertiary/aromatic N) is 1. The lowest BCUT2D eigenvalue weighted by molar-refractivity contribution is -0.713. The maximum Gasteiger partial charge on any atom is 0.237 e. The molecule has 0 bridgehead atoms. The first-order chi connectivity index (χ1) is 7.81. The van der Waals surface area contributed by atoms with Crippen molar-refractivity contribution in [2.45, 2.75) is 57.8 Å². The van der Waals surface area contributed by atoms with Gasteiger partial charge in [0.05, 0.1) is 12.0 Å². The number of hydrogen-bond acceptors (Lipinski definition) is 2. The van der Waals surface area contributed by atoms with Gasteiger partial charge in [-0.05, 0) is 18.1 Å². The molecule has 96 valence electrons. The number of hydrogen-bond donors (Lipinski definition) is 0. The fraction of sp³-hybridized carbons (Fsp3) is 0.769. The van der Waals surface area contributed by atoms with Crippen LogP contribution in [0.15, 0.2) is 11.6 Å². The average molecular weight is 270 g/mol. The van der Waals surface area contributed by atoms with Crippen molar-refractivity contribution in [3.8, 4) is 0 Å². The monoisotopic (exact) mass is 270 g/mol. The average Bonchev–Trinajstić information content (AvgIpc) is 2.74. The van der Waals surface area contributed by atoms with Gasteiger partial charge in [0.15, 0.2) is 20.6 Å². The van der Waals surface area contributed by atoms with Crippen LogP contribution in [0.4, 0.5) is 0 Å². The molecule has 0 radical (unpaired) electrons. The number of rotatable bonds is 3. The largest absolute Gasteiger partial charge is 0.410 e. The summed E-state index contributed by atoms with van der Waals surface area (Å²) >= 11 is 1.87. The van der Waals surface area contributed by atoms with Crippen LogP contribution in [-0.4, -0.2) is 14.9 Å². The van der Waals surface area contributed by atoms with Crippen molar-refractivity contribution in [2.24, 2.45) is 0 Å². The van der Waals surface area contributed by atoms with E-state index in [4.69, 9.17) is 4.43 Å². The first-order valence-electron chi connectivity index (χ1n) is 6.43. The van der Waals surface area contributed by atoms with Gasteiger partial charge in [0.25, 0.3) is 0 Å². The van der Waals surface area contributed by atoms with E-state index in [1.807, 2.05) is 11.3 Å². The molecule has 2 nitrogen and oxygen atoms in total. The topological polar surface area (TPSA) is 13.1 Å². The summed E-state index contributed by atoms with van der Waals surface area (Å²) in [7, 11) is -1.58. The third-order valence-corrected chi connectivity index (χ3v) is 9.69. The minimum Gasteiger partial charge on any atom is -0.410 e. The SMILES string of the molecule is CC(C)(C)[Si](C)(C)OC[C@H]1CCc2scc[n+]21. The Morgan fingerprint density at radius 2 is 2.18 bits per heavy atom. The van der Waals surface area contributed by atoms with Crippen LogP contribution in [0.25, 0.3) is 0 Å². The lowest BCUT2D eigenvalue weighted by atomic mass is 10.2. The van der Waals surface area contributed by atoms with Gasteiger partial charge in [-0.15, -0.1) is 0 Å². The van der Waals surface area contributed by atoms with Gasteiger partial charge >= 0.3 is 0 Å². The van der Waals surface area contributed by atoms with Gasteiger partial charge in [-0.3, -0.25) is 0 Å². The Morgan fingerprint density at radius 1 is 1.47 bits per heavy atom. The molecule has 0 aromatic carbocycles. The first-order valence-corrected chi connectivity index (χ1v) is 10.2. The van der Waals surface area contributed by atoms with Gasteiger partial charge in [-0.25, -0.2) is 0 Å². The maximum absolute atomic E-state index is 6.33. The Hall–Kier alpha value is -0.193. The van der Waals surface area contributed by atoms with E-state index >= 15 is 0 Å². The fourth-order valence-electron chi connectivity index (χ4n) is 1.95. The molecule has 1 aromatic rings. The van der Waals surface area contributed by atoms with Gasteiger partial charge in [0.1, 0.15) is 0 Å². The molecule has 1 aromatic heterocycles. The standard InChI is InChI=1S/C13H24NOSSi/c1-13(2,3)17(4,5)15-10-11-6-7-12-14(11)8-9-16-12/h8-9,11H,6-7,10H2,1-5H3/q+1/t11-/m1/s1. The number of fused-ring (bicyclic) bond motifs is 1. The first kappa shape index (κ1) is 13.2. The minimum absolute atomic E-state index is 0.313. The molecule has 1 aliphatic rings. The summed E-state index contributed by atoms with van der Waals surface area (Å²) in [6, 6.07) is 0.574. The summed E-state index contributed by atoms with van der Waals surface area (Å²) in [6.07, 6.45) is 4.69. The normalized spacial score (nSPS) is 20.6. The molecule has 0 unspecified atom stereocenters. The van der Waals surface area contributed by atoms with Gasteiger partial charge < -0.3 is 4.43 Å². The molecular formula is C13H24NOSSi+. The van der Waals surface area contributed by atoms with Crippen molar-refractivity contribution in [2.75, 3.05) is 6.61 Å². The molecule has 4 heteroatoms. The van der Waals surface area contributed by atoms with Gasteiger partial charge in [-0.1, -0.05) is 32.1 Å². The summed E-state index contributed by atoms with van der Waals surface area (Å²) in [6.45, 7) is 12.5. The lowest BCUT2D eigenvalue weighted by Gasteiger charge is -2.36. The molecule has 1 atom stereocenters. The van der Waals surface area contributed by atoms with Crippen LogP contribution in [0, 0.1) is 0 Å². The molecule has 2 rings (SSSR count). The van der Waals surface area contributed by atoms with Crippen LogP contribution in [0.5, 0.6) is 0 Å². The summed E-state index contributed by atoms with van der Waals surface area (Å²) in [5, 5.41) is 4.01. The summed E-state index contributed by atoms with van der Waals surface area (Å²) in [4.78, 5) is 0. The Balaban J connectivity index is 1.97.